The van der Waals surface area contributed by atoms with Gasteiger partial charge in [-0.1, -0.05) is 18.2 Å². The zero-order valence-corrected chi connectivity index (χ0v) is 13.6. The van der Waals surface area contributed by atoms with Gasteiger partial charge in [0, 0.05) is 12.1 Å². The summed E-state index contributed by atoms with van der Waals surface area (Å²) in [6.45, 7) is 0.685. The smallest absolute Gasteiger partial charge is 0.355 e. The Morgan fingerprint density at radius 3 is 2.62 bits per heavy atom. The van der Waals surface area contributed by atoms with Gasteiger partial charge in [-0.15, -0.1) is 0 Å². The van der Waals surface area contributed by atoms with Gasteiger partial charge in [0.2, 0.25) is 11.8 Å². The number of aromatic nitrogens is 4. The van der Waals surface area contributed by atoms with Gasteiger partial charge in [0.05, 0.1) is 12.7 Å². The molecule has 1 N–H and O–H groups in total. The molecule has 0 bridgehead atoms. The molecule has 1 fully saturated rings. The molecule has 0 radical (unpaired) electrons. The summed E-state index contributed by atoms with van der Waals surface area (Å²) in [5, 5.41) is 3.14. The molecule has 3 aromatic rings. The maximum Gasteiger partial charge on any atom is 0.451 e. The lowest BCUT2D eigenvalue weighted by molar-refractivity contribution is -0.144. The first kappa shape index (κ1) is 16.7. The molecule has 26 heavy (non-hydrogen) atoms. The maximum atomic E-state index is 14.0. The monoisotopic (exact) mass is 365 g/mol. The predicted octanol–water partition coefficient (Wildman–Crippen LogP) is 3.85. The topological polar surface area (TPSA) is 55.6 Å². The van der Waals surface area contributed by atoms with E-state index in [0.717, 1.165) is 19.0 Å². The Bertz CT molecular complexity index is 946. The highest BCUT2D eigenvalue weighted by Gasteiger charge is 2.35. The van der Waals surface area contributed by atoms with Crippen molar-refractivity contribution in [3.05, 3.63) is 47.7 Å². The Morgan fingerprint density at radius 2 is 1.92 bits per heavy atom. The van der Waals surface area contributed by atoms with Crippen LogP contribution in [0.5, 0.6) is 0 Å². The summed E-state index contributed by atoms with van der Waals surface area (Å²) in [4.78, 5) is 11.3. The summed E-state index contributed by atoms with van der Waals surface area (Å²) < 4.78 is 54.4. The van der Waals surface area contributed by atoms with Crippen LogP contribution in [0.3, 0.4) is 0 Å². The van der Waals surface area contributed by atoms with Crippen LogP contribution in [0, 0.1) is 11.7 Å². The normalized spacial score (nSPS) is 14.8. The van der Waals surface area contributed by atoms with Crippen molar-refractivity contribution < 1.29 is 17.6 Å². The van der Waals surface area contributed by atoms with Gasteiger partial charge in [-0.3, -0.25) is 4.57 Å². The number of halogens is 4. The average Bonchev–Trinajstić information content (AvgIpc) is 3.36. The van der Waals surface area contributed by atoms with Crippen molar-refractivity contribution in [2.75, 3.05) is 11.9 Å². The number of nitrogens with one attached hydrogen (secondary N) is 1. The molecule has 0 aliphatic heterocycles. The highest BCUT2D eigenvalue weighted by molar-refractivity contribution is 5.74. The molecule has 1 aromatic carbocycles. The van der Waals surface area contributed by atoms with Crippen molar-refractivity contribution in [3.8, 4) is 0 Å². The summed E-state index contributed by atoms with van der Waals surface area (Å²) in [6.07, 6.45) is -1.40. The second kappa shape index (κ2) is 6.22. The van der Waals surface area contributed by atoms with Crippen LogP contribution >= 0.6 is 0 Å². The average molecular weight is 365 g/mol. The van der Waals surface area contributed by atoms with Gasteiger partial charge < -0.3 is 5.32 Å². The van der Waals surface area contributed by atoms with Crippen LogP contribution in [0.15, 0.2) is 30.5 Å². The zero-order chi connectivity index (χ0) is 18.3. The number of anilines is 1. The first-order valence-electron chi connectivity index (χ1n) is 8.19. The third kappa shape index (κ3) is 3.33. The van der Waals surface area contributed by atoms with E-state index in [9.17, 15) is 17.6 Å². The van der Waals surface area contributed by atoms with Gasteiger partial charge in [0.25, 0.3) is 0 Å². The van der Waals surface area contributed by atoms with E-state index >= 15 is 0 Å². The molecule has 2 heterocycles. The second-order valence-electron chi connectivity index (χ2n) is 6.34. The highest BCUT2D eigenvalue weighted by Crippen LogP contribution is 2.31. The number of rotatable bonds is 5. The quantitative estimate of drug-likeness (QED) is 0.698. The SMILES string of the molecule is Fc1ccccc1Cn1c(NCC2CC2)nc2cnc(C(F)(F)F)nc21. The van der Waals surface area contributed by atoms with E-state index in [1.54, 1.807) is 18.2 Å². The van der Waals surface area contributed by atoms with Crippen LogP contribution in [0.1, 0.15) is 24.2 Å². The van der Waals surface area contributed by atoms with E-state index in [4.69, 9.17) is 0 Å². The standard InChI is InChI=1S/C17H15F4N5/c18-12-4-2-1-3-11(12)9-26-14-13(8-22-15(25-14)17(19,20)21)24-16(26)23-7-10-5-6-10/h1-4,8,10H,5-7,9H2,(H,23,24). The summed E-state index contributed by atoms with van der Waals surface area (Å²) in [7, 11) is 0. The third-order valence-corrected chi connectivity index (χ3v) is 4.27. The molecular formula is C17H15F4N5. The van der Waals surface area contributed by atoms with Crippen LogP contribution in [-0.4, -0.2) is 26.1 Å². The van der Waals surface area contributed by atoms with Crippen LogP contribution in [0.2, 0.25) is 0 Å². The number of nitrogens with zero attached hydrogens (tertiary/aromatic N) is 4. The lowest BCUT2D eigenvalue weighted by atomic mass is 10.2. The Labute approximate surface area is 146 Å². The van der Waals surface area contributed by atoms with Crippen molar-refractivity contribution in [2.45, 2.75) is 25.6 Å². The minimum atomic E-state index is -4.66. The van der Waals surface area contributed by atoms with Crippen molar-refractivity contribution in [2.24, 2.45) is 5.92 Å². The van der Waals surface area contributed by atoms with Gasteiger partial charge in [-0.25, -0.2) is 19.3 Å². The second-order valence-corrected chi connectivity index (χ2v) is 6.34. The molecule has 136 valence electrons. The van der Waals surface area contributed by atoms with Crippen LogP contribution < -0.4 is 5.32 Å². The van der Waals surface area contributed by atoms with Crippen molar-refractivity contribution in [3.63, 3.8) is 0 Å². The fourth-order valence-electron chi connectivity index (χ4n) is 2.69. The summed E-state index contributed by atoms with van der Waals surface area (Å²) >= 11 is 0. The zero-order valence-electron chi connectivity index (χ0n) is 13.6. The minimum absolute atomic E-state index is 0.0183. The van der Waals surface area contributed by atoms with Gasteiger partial charge >= 0.3 is 6.18 Å². The molecule has 0 saturated heterocycles. The molecular weight excluding hydrogens is 350 g/mol. The number of imidazole rings is 1. The lowest BCUT2D eigenvalue weighted by Crippen LogP contribution is -2.14. The molecule has 0 spiro atoms. The Hall–Kier alpha value is -2.71. The molecule has 1 aliphatic rings. The molecule has 0 atom stereocenters. The minimum Gasteiger partial charge on any atom is -0.355 e. The van der Waals surface area contributed by atoms with Crippen LogP contribution in [0.4, 0.5) is 23.5 Å². The number of benzene rings is 1. The molecule has 4 rings (SSSR count). The number of alkyl halides is 3. The molecule has 1 saturated carbocycles. The molecule has 2 aromatic heterocycles. The molecule has 0 unspecified atom stereocenters. The Kier molecular flexibility index (Phi) is 4.01. The Balaban J connectivity index is 1.78. The van der Waals surface area contributed by atoms with Crippen molar-refractivity contribution >= 4 is 17.1 Å². The van der Waals surface area contributed by atoms with E-state index in [2.05, 4.69) is 20.3 Å². The van der Waals surface area contributed by atoms with E-state index in [0.29, 0.717) is 24.0 Å². The lowest BCUT2D eigenvalue weighted by Gasteiger charge is -2.11. The molecule has 9 heteroatoms. The number of hydrogen-bond acceptors (Lipinski definition) is 4. The summed E-state index contributed by atoms with van der Waals surface area (Å²) in [5.41, 5.74) is 0.593. The van der Waals surface area contributed by atoms with Gasteiger partial charge in [-0.05, 0) is 24.8 Å². The molecule has 0 amide bonds. The maximum absolute atomic E-state index is 14.0. The van der Waals surface area contributed by atoms with E-state index < -0.39 is 17.8 Å². The van der Waals surface area contributed by atoms with E-state index in [1.165, 1.54) is 10.6 Å². The van der Waals surface area contributed by atoms with E-state index in [1.807, 2.05) is 0 Å². The fourth-order valence-corrected chi connectivity index (χ4v) is 2.69. The highest BCUT2D eigenvalue weighted by atomic mass is 19.4. The van der Waals surface area contributed by atoms with Crippen molar-refractivity contribution in [1.29, 1.82) is 0 Å². The van der Waals surface area contributed by atoms with Crippen LogP contribution in [-0.2, 0) is 12.7 Å². The Morgan fingerprint density at radius 1 is 1.15 bits per heavy atom. The van der Waals surface area contributed by atoms with Crippen LogP contribution in [0.25, 0.3) is 11.2 Å². The number of fused-ring (bicyclic) bond motifs is 1. The largest absolute Gasteiger partial charge is 0.451 e. The fraction of sp³-hybridized carbons (Fsp3) is 0.353. The first-order chi connectivity index (χ1) is 12.4. The third-order valence-electron chi connectivity index (χ3n) is 4.27. The molecule has 1 aliphatic carbocycles. The van der Waals surface area contributed by atoms with Gasteiger partial charge in [0.1, 0.15) is 11.3 Å². The first-order valence-corrected chi connectivity index (χ1v) is 8.19. The van der Waals surface area contributed by atoms with Gasteiger partial charge in [0.15, 0.2) is 5.65 Å². The van der Waals surface area contributed by atoms with Crippen molar-refractivity contribution in [1.82, 2.24) is 19.5 Å². The predicted molar refractivity (Wildman–Crippen MR) is 87.0 cm³/mol. The van der Waals surface area contributed by atoms with Gasteiger partial charge in [-0.2, -0.15) is 13.2 Å². The number of hydrogen-bond donors (Lipinski definition) is 1. The van der Waals surface area contributed by atoms with E-state index in [-0.39, 0.29) is 17.7 Å². The summed E-state index contributed by atoms with van der Waals surface area (Å²) in [6, 6.07) is 6.12. The molecule has 5 nitrogen and oxygen atoms in total. The summed E-state index contributed by atoms with van der Waals surface area (Å²) in [5.74, 6) is -0.779.